The third-order valence-electron chi connectivity index (χ3n) is 5.18. The van der Waals surface area contributed by atoms with Crippen molar-refractivity contribution in [1.82, 2.24) is 9.97 Å². The van der Waals surface area contributed by atoms with Crippen molar-refractivity contribution >= 4 is 23.4 Å². The second-order valence-corrected chi connectivity index (χ2v) is 7.55. The summed E-state index contributed by atoms with van der Waals surface area (Å²) in [7, 11) is 0. The van der Waals surface area contributed by atoms with Gasteiger partial charge in [0.2, 0.25) is 5.95 Å². The lowest BCUT2D eigenvalue weighted by molar-refractivity contribution is 0.112. The molecule has 1 aromatic carbocycles. The van der Waals surface area contributed by atoms with Crippen LogP contribution in [0.4, 0.5) is 11.8 Å². The summed E-state index contributed by atoms with van der Waals surface area (Å²) in [6, 6.07) is 8.20. The van der Waals surface area contributed by atoms with Crippen molar-refractivity contribution in [2.75, 3.05) is 37.0 Å². The SMILES string of the molecule is Cc1cc(N2CCCOCC2c2ccc(C3CCCO3)cc2Cl)nc(N)n1. The number of aromatic nitrogens is 2. The molecule has 2 fully saturated rings. The zero-order chi connectivity index (χ0) is 18.8. The van der Waals surface area contributed by atoms with Crippen LogP contribution in [0.15, 0.2) is 24.3 Å². The van der Waals surface area contributed by atoms with Crippen LogP contribution in [0, 0.1) is 6.92 Å². The lowest BCUT2D eigenvalue weighted by Crippen LogP contribution is -2.32. The number of nitrogens with two attached hydrogens (primary N) is 1. The zero-order valence-electron chi connectivity index (χ0n) is 15.5. The van der Waals surface area contributed by atoms with Crippen LogP contribution >= 0.6 is 11.6 Å². The first kappa shape index (κ1) is 18.5. The van der Waals surface area contributed by atoms with Crippen LogP contribution in [0.5, 0.6) is 0 Å². The molecule has 0 spiro atoms. The summed E-state index contributed by atoms with van der Waals surface area (Å²) in [5.74, 6) is 1.10. The molecule has 6 nitrogen and oxygen atoms in total. The van der Waals surface area contributed by atoms with E-state index in [-0.39, 0.29) is 18.1 Å². The average molecular weight is 389 g/mol. The maximum Gasteiger partial charge on any atom is 0.222 e. The predicted octanol–water partition coefficient (Wildman–Crippen LogP) is 3.84. The molecule has 144 valence electrons. The number of benzene rings is 1. The second kappa shape index (κ2) is 8.00. The third kappa shape index (κ3) is 4.03. The lowest BCUT2D eigenvalue weighted by atomic mass is 10.00. The summed E-state index contributed by atoms with van der Waals surface area (Å²) < 4.78 is 11.7. The van der Waals surface area contributed by atoms with Crippen molar-refractivity contribution in [3.05, 3.63) is 46.1 Å². The number of ether oxygens (including phenoxy) is 2. The molecule has 4 rings (SSSR count). The smallest absolute Gasteiger partial charge is 0.222 e. The normalized spacial score (nSPS) is 23.4. The van der Waals surface area contributed by atoms with E-state index >= 15 is 0 Å². The van der Waals surface area contributed by atoms with E-state index in [2.05, 4.69) is 27.0 Å². The van der Waals surface area contributed by atoms with Crippen molar-refractivity contribution in [3.8, 4) is 0 Å². The molecule has 7 heteroatoms. The van der Waals surface area contributed by atoms with Crippen LogP contribution < -0.4 is 10.6 Å². The summed E-state index contributed by atoms with van der Waals surface area (Å²) in [6.45, 7) is 4.85. The molecule has 27 heavy (non-hydrogen) atoms. The molecule has 2 saturated heterocycles. The first-order valence-electron chi connectivity index (χ1n) is 9.48. The standard InChI is InChI=1S/C20H25ClN4O2/c1-13-10-19(24-20(22)23-13)25-7-3-8-26-12-17(25)15-6-5-14(11-16(15)21)18-4-2-9-27-18/h5-6,10-11,17-18H,2-4,7-9,12H2,1H3,(H2,22,23,24). The summed E-state index contributed by atoms with van der Waals surface area (Å²) in [4.78, 5) is 10.9. The molecule has 0 amide bonds. The maximum atomic E-state index is 6.71. The molecule has 0 bridgehead atoms. The van der Waals surface area contributed by atoms with Gasteiger partial charge in [0, 0.05) is 36.5 Å². The molecule has 2 aliphatic rings. The van der Waals surface area contributed by atoms with Crippen molar-refractivity contribution in [2.45, 2.75) is 38.3 Å². The number of hydrogen-bond acceptors (Lipinski definition) is 6. The van der Waals surface area contributed by atoms with Gasteiger partial charge in [-0.1, -0.05) is 23.7 Å². The van der Waals surface area contributed by atoms with Gasteiger partial charge in [-0.15, -0.1) is 0 Å². The van der Waals surface area contributed by atoms with Gasteiger partial charge < -0.3 is 20.1 Å². The molecule has 2 aromatic rings. The van der Waals surface area contributed by atoms with Gasteiger partial charge in [-0.2, -0.15) is 4.98 Å². The number of anilines is 2. The molecule has 2 unspecified atom stereocenters. The number of halogens is 1. The highest BCUT2D eigenvalue weighted by Gasteiger charge is 2.28. The monoisotopic (exact) mass is 388 g/mol. The van der Waals surface area contributed by atoms with Gasteiger partial charge in [-0.25, -0.2) is 4.98 Å². The minimum Gasteiger partial charge on any atom is -0.379 e. The molecule has 2 N–H and O–H groups in total. The van der Waals surface area contributed by atoms with Crippen LogP contribution in [0.2, 0.25) is 5.02 Å². The van der Waals surface area contributed by atoms with Gasteiger partial charge in [-0.3, -0.25) is 0 Å². The molecule has 1 aromatic heterocycles. The molecule has 2 aliphatic heterocycles. The van der Waals surface area contributed by atoms with Gasteiger partial charge in [0.05, 0.1) is 18.8 Å². The topological polar surface area (TPSA) is 73.5 Å². The van der Waals surface area contributed by atoms with Gasteiger partial charge >= 0.3 is 0 Å². The van der Waals surface area contributed by atoms with E-state index in [1.54, 1.807) is 0 Å². The summed E-state index contributed by atoms with van der Waals surface area (Å²) >= 11 is 6.71. The first-order chi connectivity index (χ1) is 13.1. The Morgan fingerprint density at radius 3 is 2.81 bits per heavy atom. The highest BCUT2D eigenvalue weighted by molar-refractivity contribution is 6.31. The van der Waals surface area contributed by atoms with Crippen molar-refractivity contribution in [1.29, 1.82) is 0 Å². The molecule has 0 aliphatic carbocycles. The van der Waals surface area contributed by atoms with Gasteiger partial charge in [0.1, 0.15) is 5.82 Å². The molecular formula is C20H25ClN4O2. The van der Waals surface area contributed by atoms with E-state index < -0.39 is 0 Å². The first-order valence-corrected chi connectivity index (χ1v) is 9.86. The number of nitrogens with zero attached hydrogens (tertiary/aromatic N) is 3. The highest BCUT2D eigenvalue weighted by Crippen LogP contribution is 2.36. The molecule has 0 radical (unpaired) electrons. The maximum absolute atomic E-state index is 6.71. The Morgan fingerprint density at radius 1 is 1.19 bits per heavy atom. The summed E-state index contributed by atoms with van der Waals surface area (Å²) in [6.07, 6.45) is 3.23. The minimum atomic E-state index is -0.0211. The van der Waals surface area contributed by atoms with Crippen LogP contribution in [0.3, 0.4) is 0 Å². The van der Waals surface area contributed by atoms with E-state index in [1.807, 2.05) is 19.1 Å². The van der Waals surface area contributed by atoms with E-state index in [4.69, 9.17) is 26.8 Å². The fourth-order valence-electron chi connectivity index (χ4n) is 3.89. The molecule has 0 saturated carbocycles. The average Bonchev–Trinajstić information content (AvgIpc) is 3.06. The Morgan fingerprint density at radius 2 is 2.07 bits per heavy atom. The van der Waals surface area contributed by atoms with Crippen LogP contribution in [-0.4, -0.2) is 36.3 Å². The van der Waals surface area contributed by atoms with E-state index in [0.717, 1.165) is 66.7 Å². The molecule has 2 atom stereocenters. The molecule has 3 heterocycles. The molecular weight excluding hydrogens is 364 g/mol. The van der Waals surface area contributed by atoms with Crippen LogP contribution in [0.1, 0.15) is 48.2 Å². The minimum absolute atomic E-state index is 0.0211. The van der Waals surface area contributed by atoms with Gasteiger partial charge in [0.15, 0.2) is 0 Å². The fourth-order valence-corrected chi connectivity index (χ4v) is 4.20. The highest BCUT2D eigenvalue weighted by atomic mass is 35.5. The number of aryl methyl sites for hydroxylation is 1. The predicted molar refractivity (Wildman–Crippen MR) is 106 cm³/mol. The quantitative estimate of drug-likeness (QED) is 0.861. The summed E-state index contributed by atoms with van der Waals surface area (Å²) in [5.41, 5.74) is 8.92. The van der Waals surface area contributed by atoms with Crippen molar-refractivity contribution in [2.24, 2.45) is 0 Å². The number of rotatable bonds is 3. The largest absolute Gasteiger partial charge is 0.379 e. The second-order valence-electron chi connectivity index (χ2n) is 7.15. The Kier molecular flexibility index (Phi) is 5.48. The van der Waals surface area contributed by atoms with Crippen molar-refractivity contribution < 1.29 is 9.47 Å². The fraction of sp³-hybridized carbons (Fsp3) is 0.500. The number of hydrogen-bond donors (Lipinski definition) is 1. The lowest BCUT2D eigenvalue weighted by Gasteiger charge is -2.31. The van der Waals surface area contributed by atoms with Crippen LogP contribution in [-0.2, 0) is 9.47 Å². The Hall–Kier alpha value is -1.89. The zero-order valence-corrected chi connectivity index (χ0v) is 16.3. The van der Waals surface area contributed by atoms with Gasteiger partial charge in [-0.05, 0) is 43.4 Å². The van der Waals surface area contributed by atoms with Crippen LogP contribution in [0.25, 0.3) is 0 Å². The van der Waals surface area contributed by atoms with E-state index in [0.29, 0.717) is 6.61 Å². The van der Waals surface area contributed by atoms with Gasteiger partial charge in [0.25, 0.3) is 0 Å². The Bertz CT molecular complexity index is 790. The van der Waals surface area contributed by atoms with E-state index in [9.17, 15) is 0 Å². The van der Waals surface area contributed by atoms with Crippen molar-refractivity contribution in [3.63, 3.8) is 0 Å². The Labute approximate surface area is 164 Å². The summed E-state index contributed by atoms with van der Waals surface area (Å²) in [5, 5.41) is 0.738. The Balaban J connectivity index is 1.68. The number of nitrogen functional groups attached to an aromatic ring is 1. The van der Waals surface area contributed by atoms with E-state index in [1.165, 1.54) is 0 Å². The third-order valence-corrected chi connectivity index (χ3v) is 5.50.